The Balaban J connectivity index is 1.61. The van der Waals surface area contributed by atoms with E-state index in [0.717, 1.165) is 44.1 Å². The zero-order valence-corrected chi connectivity index (χ0v) is 16.2. The number of methoxy groups -OCH3 is 1. The summed E-state index contributed by atoms with van der Waals surface area (Å²) in [4.78, 5) is 13.7. The molecule has 0 amide bonds. The lowest BCUT2D eigenvalue weighted by atomic mass is 10.1. The van der Waals surface area contributed by atoms with E-state index in [1.54, 1.807) is 24.6 Å². The number of aromatic nitrogens is 4. The van der Waals surface area contributed by atoms with Gasteiger partial charge in [0.1, 0.15) is 5.75 Å². The average Bonchev–Trinajstić information content (AvgIpc) is 3.37. The summed E-state index contributed by atoms with van der Waals surface area (Å²) < 4.78 is 8.57. The summed E-state index contributed by atoms with van der Waals surface area (Å²) in [5.74, 6) is 1.52. The molecule has 0 aliphatic rings. The van der Waals surface area contributed by atoms with Crippen molar-refractivity contribution < 1.29 is 4.74 Å². The molecule has 1 N–H and O–H groups in total. The Hall–Kier alpha value is -3.45. The first-order valence-electron chi connectivity index (χ1n) is 8.80. The monoisotopic (exact) mass is 387 g/mol. The molecule has 5 aromatic rings. The van der Waals surface area contributed by atoms with Gasteiger partial charge in [-0.05, 0) is 30.7 Å². The van der Waals surface area contributed by atoms with Crippen LogP contribution in [0.4, 0.5) is 11.5 Å². The number of fused-ring (bicyclic) bond motifs is 2. The summed E-state index contributed by atoms with van der Waals surface area (Å²) in [6.07, 6.45) is 5.67. The molecule has 0 spiro atoms. The van der Waals surface area contributed by atoms with E-state index in [-0.39, 0.29) is 0 Å². The second-order valence-corrected chi connectivity index (χ2v) is 7.36. The van der Waals surface area contributed by atoms with Gasteiger partial charge in [0.2, 0.25) is 0 Å². The van der Waals surface area contributed by atoms with Gasteiger partial charge in [-0.3, -0.25) is 0 Å². The summed E-state index contributed by atoms with van der Waals surface area (Å²) in [5, 5.41) is 3.39. The molecule has 3 heterocycles. The standard InChI is InChI=1S/C21H17N5OS/c1-13-3-5-15(10-18(13)27-2)24-20-21-22-7-8-26(21)11-17(25-20)14-4-6-19-16(9-14)23-12-28-19/h3-12H,1-2H3,(H,24,25). The molecule has 0 atom stereocenters. The Kier molecular flexibility index (Phi) is 3.95. The number of hydrogen-bond donors (Lipinski definition) is 1. The molecule has 0 fully saturated rings. The Morgan fingerprint density at radius 2 is 2.04 bits per heavy atom. The van der Waals surface area contributed by atoms with Crippen molar-refractivity contribution in [2.75, 3.05) is 12.4 Å². The van der Waals surface area contributed by atoms with Crippen molar-refractivity contribution in [2.45, 2.75) is 6.92 Å². The van der Waals surface area contributed by atoms with Gasteiger partial charge in [0.15, 0.2) is 11.5 Å². The Morgan fingerprint density at radius 3 is 2.93 bits per heavy atom. The third kappa shape index (κ3) is 2.86. The molecule has 0 unspecified atom stereocenters. The minimum Gasteiger partial charge on any atom is -0.496 e. The van der Waals surface area contributed by atoms with Crippen LogP contribution in [0.25, 0.3) is 27.1 Å². The van der Waals surface area contributed by atoms with Crippen LogP contribution < -0.4 is 10.1 Å². The van der Waals surface area contributed by atoms with Crippen molar-refractivity contribution >= 4 is 38.7 Å². The highest BCUT2D eigenvalue weighted by Crippen LogP contribution is 2.29. The summed E-state index contributed by atoms with van der Waals surface area (Å²) in [5.41, 5.74) is 7.44. The van der Waals surface area contributed by atoms with Crippen molar-refractivity contribution in [3.63, 3.8) is 0 Å². The summed E-state index contributed by atoms with van der Waals surface area (Å²) in [6, 6.07) is 12.2. The highest BCUT2D eigenvalue weighted by Gasteiger charge is 2.11. The average molecular weight is 387 g/mol. The van der Waals surface area contributed by atoms with Gasteiger partial charge < -0.3 is 14.5 Å². The number of thiazole rings is 1. The van der Waals surface area contributed by atoms with Crippen LogP contribution in [-0.2, 0) is 0 Å². The SMILES string of the molecule is COc1cc(Nc2nc(-c3ccc4scnc4c3)cn3ccnc23)ccc1C. The fourth-order valence-corrected chi connectivity index (χ4v) is 3.87. The molecular formula is C21H17N5OS. The van der Waals surface area contributed by atoms with E-state index in [2.05, 4.69) is 33.5 Å². The highest BCUT2D eigenvalue weighted by atomic mass is 32.1. The highest BCUT2D eigenvalue weighted by molar-refractivity contribution is 7.16. The molecule has 7 heteroatoms. The lowest BCUT2D eigenvalue weighted by Crippen LogP contribution is -2.01. The van der Waals surface area contributed by atoms with Gasteiger partial charge in [0, 0.05) is 35.9 Å². The molecule has 5 rings (SSSR count). The fraction of sp³-hybridized carbons (Fsp3) is 0.0952. The topological polar surface area (TPSA) is 64.3 Å². The van der Waals surface area contributed by atoms with E-state index in [4.69, 9.17) is 9.72 Å². The molecule has 0 bridgehead atoms. The van der Waals surface area contributed by atoms with Crippen LogP contribution >= 0.6 is 11.3 Å². The van der Waals surface area contributed by atoms with Gasteiger partial charge in [-0.1, -0.05) is 12.1 Å². The normalized spacial score (nSPS) is 11.2. The van der Waals surface area contributed by atoms with Crippen molar-refractivity contribution in [3.05, 3.63) is 66.1 Å². The largest absolute Gasteiger partial charge is 0.496 e. The number of ether oxygens (including phenoxy) is 1. The second-order valence-electron chi connectivity index (χ2n) is 6.48. The van der Waals surface area contributed by atoms with Crippen LogP contribution in [-0.4, -0.2) is 26.5 Å². The molecule has 0 aliphatic carbocycles. The number of anilines is 2. The van der Waals surface area contributed by atoms with Crippen molar-refractivity contribution in [1.82, 2.24) is 19.4 Å². The summed E-state index contributed by atoms with van der Waals surface area (Å²) in [6.45, 7) is 2.02. The maximum absolute atomic E-state index is 5.43. The second kappa shape index (κ2) is 6.61. The smallest absolute Gasteiger partial charge is 0.180 e. The molecule has 6 nitrogen and oxygen atoms in total. The lowest BCUT2D eigenvalue weighted by Gasteiger charge is -2.12. The molecule has 3 aromatic heterocycles. The maximum atomic E-state index is 5.43. The predicted molar refractivity (Wildman–Crippen MR) is 113 cm³/mol. The van der Waals surface area contributed by atoms with Crippen molar-refractivity contribution in [2.24, 2.45) is 0 Å². The van der Waals surface area contributed by atoms with Gasteiger partial charge in [-0.25, -0.2) is 15.0 Å². The zero-order valence-electron chi connectivity index (χ0n) is 15.4. The van der Waals surface area contributed by atoms with E-state index in [1.807, 2.05) is 47.4 Å². The zero-order chi connectivity index (χ0) is 19.1. The van der Waals surface area contributed by atoms with Crippen LogP contribution in [0.15, 0.2) is 60.5 Å². The Morgan fingerprint density at radius 1 is 1.11 bits per heavy atom. The number of hydrogen-bond acceptors (Lipinski definition) is 6. The number of aryl methyl sites for hydroxylation is 1. The summed E-state index contributed by atoms with van der Waals surface area (Å²) in [7, 11) is 1.67. The Labute approximate surface area is 165 Å². The number of benzene rings is 2. The van der Waals surface area contributed by atoms with Crippen LogP contribution in [0.3, 0.4) is 0 Å². The van der Waals surface area contributed by atoms with Crippen LogP contribution in [0.2, 0.25) is 0 Å². The molecule has 0 aliphatic heterocycles. The van der Waals surface area contributed by atoms with Crippen LogP contribution in [0.1, 0.15) is 5.56 Å². The number of imidazole rings is 1. The summed E-state index contributed by atoms with van der Waals surface area (Å²) >= 11 is 1.63. The quantitative estimate of drug-likeness (QED) is 0.467. The first kappa shape index (κ1) is 16.7. The van der Waals surface area contributed by atoms with Gasteiger partial charge in [0.25, 0.3) is 0 Å². The fourth-order valence-electron chi connectivity index (χ4n) is 3.21. The lowest BCUT2D eigenvalue weighted by molar-refractivity contribution is 0.412. The molecule has 0 radical (unpaired) electrons. The maximum Gasteiger partial charge on any atom is 0.180 e. The third-order valence-electron chi connectivity index (χ3n) is 4.67. The third-order valence-corrected chi connectivity index (χ3v) is 5.48. The first-order chi connectivity index (χ1) is 13.7. The number of nitrogens with one attached hydrogen (secondary N) is 1. The van der Waals surface area contributed by atoms with E-state index in [1.165, 1.54) is 0 Å². The molecule has 28 heavy (non-hydrogen) atoms. The van der Waals surface area contributed by atoms with E-state index in [9.17, 15) is 0 Å². The number of rotatable bonds is 4. The van der Waals surface area contributed by atoms with E-state index in [0.29, 0.717) is 5.82 Å². The van der Waals surface area contributed by atoms with Crippen LogP contribution in [0.5, 0.6) is 5.75 Å². The van der Waals surface area contributed by atoms with Crippen LogP contribution in [0, 0.1) is 6.92 Å². The van der Waals surface area contributed by atoms with Gasteiger partial charge in [0.05, 0.1) is 28.5 Å². The number of nitrogens with zero attached hydrogens (tertiary/aromatic N) is 4. The molecule has 2 aromatic carbocycles. The van der Waals surface area contributed by atoms with E-state index < -0.39 is 0 Å². The first-order valence-corrected chi connectivity index (χ1v) is 9.68. The van der Waals surface area contributed by atoms with Gasteiger partial charge >= 0.3 is 0 Å². The van der Waals surface area contributed by atoms with Crippen molar-refractivity contribution in [3.8, 4) is 17.0 Å². The minimum atomic E-state index is 0.687. The van der Waals surface area contributed by atoms with E-state index >= 15 is 0 Å². The van der Waals surface area contributed by atoms with Crippen molar-refractivity contribution in [1.29, 1.82) is 0 Å². The molecular weight excluding hydrogens is 370 g/mol. The van der Waals surface area contributed by atoms with Gasteiger partial charge in [-0.2, -0.15) is 0 Å². The predicted octanol–water partition coefficient (Wildman–Crippen LogP) is 5.07. The minimum absolute atomic E-state index is 0.687. The Bertz CT molecular complexity index is 1310. The molecule has 0 saturated carbocycles. The molecule has 0 saturated heterocycles. The van der Waals surface area contributed by atoms with Gasteiger partial charge in [-0.15, -0.1) is 11.3 Å². The molecule has 138 valence electrons.